The molecule has 0 aliphatic heterocycles. The van der Waals surface area contributed by atoms with Gasteiger partial charge in [-0.1, -0.05) is 13.8 Å². The van der Waals surface area contributed by atoms with Crippen molar-refractivity contribution in [1.29, 1.82) is 0 Å². The van der Waals surface area contributed by atoms with Crippen molar-refractivity contribution in [3.8, 4) is 22.5 Å². The number of imidazole rings is 1. The van der Waals surface area contributed by atoms with Gasteiger partial charge in [-0.3, -0.25) is 4.79 Å². The van der Waals surface area contributed by atoms with Gasteiger partial charge in [0.05, 0.1) is 31.0 Å². The summed E-state index contributed by atoms with van der Waals surface area (Å²) in [6, 6.07) is 12.0. The summed E-state index contributed by atoms with van der Waals surface area (Å²) >= 11 is 0. The van der Waals surface area contributed by atoms with E-state index < -0.39 is 12.1 Å². The number of aromatic nitrogens is 2. The molecule has 0 saturated carbocycles. The fraction of sp³-hybridized carbons (Fsp3) is 0.250. The average Bonchev–Trinajstić information content (AvgIpc) is 3.13. The van der Waals surface area contributed by atoms with Gasteiger partial charge in [-0.25, -0.2) is 13.8 Å². The minimum Gasteiger partial charge on any atom is -0.469 e. The third-order valence-corrected chi connectivity index (χ3v) is 4.75. The van der Waals surface area contributed by atoms with Crippen LogP contribution in [0.15, 0.2) is 54.6 Å². The predicted octanol–water partition coefficient (Wildman–Crippen LogP) is 5.01. The van der Waals surface area contributed by atoms with E-state index in [1.807, 2.05) is 13.8 Å². The molecule has 5 nitrogen and oxygen atoms in total. The second-order valence-corrected chi connectivity index (χ2v) is 7.39. The summed E-state index contributed by atoms with van der Waals surface area (Å²) < 4.78 is 33.4. The molecule has 0 saturated heterocycles. The largest absolute Gasteiger partial charge is 0.469 e. The highest BCUT2D eigenvalue weighted by molar-refractivity contribution is 5.81. The van der Waals surface area contributed by atoms with Gasteiger partial charge in [-0.2, -0.15) is 0 Å². The molecule has 1 aromatic heterocycles. The Balaban J connectivity index is 2.18. The number of esters is 1. The quantitative estimate of drug-likeness (QED) is 0.539. The van der Waals surface area contributed by atoms with Gasteiger partial charge >= 0.3 is 5.97 Å². The van der Waals surface area contributed by atoms with Crippen molar-refractivity contribution >= 4 is 12.2 Å². The zero-order valence-electron chi connectivity index (χ0n) is 17.5. The van der Waals surface area contributed by atoms with Crippen LogP contribution in [0.3, 0.4) is 0 Å². The van der Waals surface area contributed by atoms with Gasteiger partial charge < -0.3 is 14.4 Å². The molecule has 7 heteroatoms. The van der Waals surface area contributed by atoms with Crippen LogP contribution in [0.5, 0.6) is 0 Å². The number of hydrogen-bond acceptors (Lipinski definition) is 4. The molecule has 0 aliphatic rings. The number of halogens is 2. The molecule has 31 heavy (non-hydrogen) atoms. The normalized spacial score (nSPS) is 12.5. The molecule has 1 heterocycles. The van der Waals surface area contributed by atoms with Crippen molar-refractivity contribution in [2.75, 3.05) is 7.11 Å². The highest BCUT2D eigenvalue weighted by atomic mass is 19.1. The standard InChI is InChI=1S/C24H24F2N2O3/c1-15(2)24-27-22(16-4-8-18(25)9-5-16)23(17-6-10-19(26)11-7-17)28(24)13-12-20(29)14-21(30)31-3/h4-13,15,20,29H,14H2,1-3H3/b13-12+/t20-/m1/s1. The first-order valence-corrected chi connectivity index (χ1v) is 9.87. The van der Waals surface area contributed by atoms with Crippen molar-refractivity contribution in [2.24, 2.45) is 0 Å². The van der Waals surface area contributed by atoms with E-state index in [9.17, 15) is 18.7 Å². The Bertz CT molecular complexity index is 1070. The minimum absolute atomic E-state index is 0.01000. The number of methoxy groups -OCH3 is 1. The lowest BCUT2D eigenvalue weighted by Gasteiger charge is -2.12. The third-order valence-electron chi connectivity index (χ3n) is 4.75. The van der Waals surface area contributed by atoms with E-state index in [1.165, 1.54) is 37.5 Å². The summed E-state index contributed by atoms with van der Waals surface area (Å²) in [6.45, 7) is 3.95. The number of aliphatic hydroxyl groups is 1. The number of hydrogen-bond donors (Lipinski definition) is 1. The highest BCUT2D eigenvalue weighted by Gasteiger charge is 2.21. The average molecular weight is 426 g/mol. The Morgan fingerprint density at radius 2 is 1.61 bits per heavy atom. The first-order chi connectivity index (χ1) is 14.8. The summed E-state index contributed by atoms with van der Waals surface area (Å²) in [5.74, 6) is -0.554. The third kappa shape index (κ3) is 5.24. The lowest BCUT2D eigenvalue weighted by molar-refractivity contribution is -0.142. The maximum atomic E-state index is 13.6. The predicted molar refractivity (Wildman–Crippen MR) is 115 cm³/mol. The molecule has 0 aliphatic carbocycles. The molecule has 0 amide bonds. The molecule has 2 aromatic carbocycles. The fourth-order valence-corrected chi connectivity index (χ4v) is 3.21. The Morgan fingerprint density at radius 3 is 2.13 bits per heavy atom. The maximum absolute atomic E-state index is 13.6. The van der Waals surface area contributed by atoms with Gasteiger partial charge in [0.15, 0.2) is 0 Å². The SMILES string of the molecule is COC(=O)C[C@H](O)/C=C/n1c(C(C)C)nc(-c2ccc(F)cc2)c1-c1ccc(F)cc1. The molecule has 3 aromatic rings. The molecule has 1 N–H and O–H groups in total. The number of aliphatic hydroxyl groups excluding tert-OH is 1. The molecule has 162 valence electrons. The van der Waals surface area contributed by atoms with Crippen LogP contribution in [-0.4, -0.2) is 33.8 Å². The van der Waals surface area contributed by atoms with Crippen LogP contribution in [0, 0.1) is 11.6 Å². The van der Waals surface area contributed by atoms with Crippen LogP contribution in [0.1, 0.15) is 32.0 Å². The summed E-state index contributed by atoms with van der Waals surface area (Å²) in [7, 11) is 1.26. The molecule has 0 bridgehead atoms. The van der Waals surface area contributed by atoms with Gasteiger partial charge in [0.25, 0.3) is 0 Å². The van der Waals surface area contributed by atoms with Crippen LogP contribution >= 0.6 is 0 Å². The molecule has 1 atom stereocenters. The topological polar surface area (TPSA) is 64.3 Å². The van der Waals surface area contributed by atoms with Gasteiger partial charge in [-0.15, -0.1) is 0 Å². The van der Waals surface area contributed by atoms with E-state index in [2.05, 4.69) is 4.74 Å². The van der Waals surface area contributed by atoms with Gasteiger partial charge in [0.2, 0.25) is 0 Å². The first kappa shape index (κ1) is 22.4. The van der Waals surface area contributed by atoms with Crippen LogP contribution < -0.4 is 0 Å². The molecular formula is C24H24F2N2O3. The zero-order chi connectivity index (χ0) is 22.5. The monoisotopic (exact) mass is 426 g/mol. The Morgan fingerprint density at radius 1 is 1.06 bits per heavy atom. The van der Waals surface area contributed by atoms with E-state index in [-0.39, 0.29) is 24.0 Å². The van der Waals surface area contributed by atoms with E-state index >= 15 is 0 Å². The van der Waals surface area contributed by atoms with Crippen LogP contribution in [0.2, 0.25) is 0 Å². The number of ether oxygens (including phenoxy) is 1. The summed E-state index contributed by atoms with van der Waals surface area (Å²) in [5.41, 5.74) is 2.66. The highest BCUT2D eigenvalue weighted by Crippen LogP contribution is 2.35. The van der Waals surface area contributed by atoms with E-state index in [0.717, 1.165) is 0 Å². The van der Waals surface area contributed by atoms with E-state index in [1.54, 1.807) is 35.0 Å². The lowest BCUT2D eigenvalue weighted by Crippen LogP contribution is -2.12. The second-order valence-electron chi connectivity index (χ2n) is 7.39. The van der Waals surface area contributed by atoms with Gasteiger partial charge in [0.1, 0.15) is 17.5 Å². The minimum atomic E-state index is -1.05. The number of benzene rings is 2. The Hall–Kier alpha value is -3.32. The summed E-state index contributed by atoms with van der Waals surface area (Å²) in [4.78, 5) is 16.2. The van der Waals surface area contributed by atoms with Crippen molar-refractivity contribution in [3.63, 3.8) is 0 Å². The smallest absolute Gasteiger partial charge is 0.308 e. The van der Waals surface area contributed by atoms with Crippen LogP contribution in [0.4, 0.5) is 8.78 Å². The Labute approximate surface area is 179 Å². The van der Waals surface area contributed by atoms with E-state index in [0.29, 0.717) is 28.3 Å². The first-order valence-electron chi connectivity index (χ1n) is 9.87. The van der Waals surface area contributed by atoms with Gasteiger partial charge in [0, 0.05) is 23.2 Å². The molecule has 0 unspecified atom stereocenters. The number of nitrogens with zero attached hydrogens (tertiary/aromatic N) is 2. The molecule has 0 fully saturated rings. The lowest BCUT2D eigenvalue weighted by atomic mass is 10.0. The molecule has 0 radical (unpaired) electrons. The number of rotatable bonds is 7. The molecule has 3 rings (SSSR count). The van der Waals surface area contributed by atoms with Gasteiger partial charge in [-0.05, 0) is 54.6 Å². The molecule has 0 spiro atoms. The van der Waals surface area contributed by atoms with Crippen LogP contribution in [0.25, 0.3) is 28.7 Å². The van der Waals surface area contributed by atoms with Crippen molar-refractivity contribution in [2.45, 2.75) is 32.3 Å². The maximum Gasteiger partial charge on any atom is 0.308 e. The molecular weight excluding hydrogens is 402 g/mol. The fourth-order valence-electron chi connectivity index (χ4n) is 3.21. The number of carbonyl (C=O) groups is 1. The Kier molecular flexibility index (Phi) is 6.97. The van der Waals surface area contributed by atoms with Crippen molar-refractivity contribution in [3.05, 3.63) is 72.1 Å². The summed E-state index contributed by atoms with van der Waals surface area (Å²) in [6.07, 6.45) is 1.88. The number of carbonyl (C=O) groups excluding carboxylic acids is 1. The van der Waals surface area contributed by atoms with E-state index in [4.69, 9.17) is 4.98 Å². The summed E-state index contributed by atoms with van der Waals surface area (Å²) in [5, 5.41) is 10.2. The van der Waals surface area contributed by atoms with Crippen molar-refractivity contribution in [1.82, 2.24) is 9.55 Å². The van der Waals surface area contributed by atoms with Crippen LogP contribution in [-0.2, 0) is 9.53 Å². The van der Waals surface area contributed by atoms with Crippen molar-refractivity contribution < 1.29 is 23.4 Å². The second kappa shape index (κ2) is 9.66. The zero-order valence-corrected chi connectivity index (χ0v) is 17.5.